The van der Waals surface area contributed by atoms with E-state index < -0.39 is 6.04 Å². The molecule has 0 bridgehead atoms. The van der Waals surface area contributed by atoms with Gasteiger partial charge in [-0.1, -0.05) is 42.5 Å². The number of hydrogen-bond acceptors (Lipinski definition) is 6. The van der Waals surface area contributed by atoms with Gasteiger partial charge in [0.25, 0.3) is 0 Å². The molecule has 0 saturated carbocycles. The molecule has 2 heterocycles. The molecule has 4 rings (SSSR count). The van der Waals surface area contributed by atoms with Gasteiger partial charge in [-0.15, -0.1) is 0 Å². The van der Waals surface area contributed by atoms with Crippen LogP contribution in [-0.2, 0) is 20.8 Å². The number of rotatable bonds is 6. The summed E-state index contributed by atoms with van der Waals surface area (Å²) in [5.74, 6) is -0.175. The minimum absolute atomic E-state index is 0.0670. The van der Waals surface area contributed by atoms with Gasteiger partial charge in [0.1, 0.15) is 24.9 Å². The van der Waals surface area contributed by atoms with E-state index in [2.05, 4.69) is 10.9 Å². The summed E-state index contributed by atoms with van der Waals surface area (Å²) >= 11 is 0. The van der Waals surface area contributed by atoms with E-state index in [-0.39, 0.29) is 36.9 Å². The molecule has 2 aliphatic rings. The molecule has 2 aromatic carbocycles. The first kappa shape index (κ1) is 21.0. The minimum Gasteiger partial charge on any atom is -0.497 e. The van der Waals surface area contributed by atoms with Crippen LogP contribution in [0.2, 0.25) is 0 Å². The Morgan fingerprint density at radius 2 is 1.77 bits per heavy atom. The first-order chi connectivity index (χ1) is 15.0. The number of carbonyl (C=O) groups excluding carboxylic acids is 3. The van der Waals surface area contributed by atoms with E-state index in [0.29, 0.717) is 19.4 Å². The lowest BCUT2D eigenvalue weighted by atomic mass is 10.0. The topological polar surface area (TPSA) is 91.0 Å². The zero-order chi connectivity index (χ0) is 21.8. The molecule has 162 valence electrons. The van der Waals surface area contributed by atoms with Crippen molar-refractivity contribution in [3.05, 3.63) is 65.7 Å². The predicted molar refractivity (Wildman–Crippen MR) is 114 cm³/mol. The highest BCUT2D eigenvalue weighted by Gasteiger charge is 2.38. The van der Waals surface area contributed by atoms with E-state index in [4.69, 9.17) is 4.74 Å². The van der Waals surface area contributed by atoms with Crippen LogP contribution in [0.3, 0.4) is 0 Å². The Kier molecular flexibility index (Phi) is 6.29. The molecule has 2 N–H and O–H groups in total. The predicted octanol–water partition coefficient (Wildman–Crippen LogP) is 1.04. The molecule has 2 aliphatic heterocycles. The lowest BCUT2D eigenvalue weighted by Gasteiger charge is -2.33. The summed E-state index contributed by atoms with van der Waals surface area (Å²) in [6.45, 7) is 0.160. The zero-order valence-corrected chi connectivity index (χ0v) is 17.4. The second-order valence-electron chi connectivity index (χ2n) is 7.78. The molecule has 0 aliphatic carbocycles. The van der Waals surface area contributed by atoms with Crippen LogP contribution in [0.25, 0.3) is 0 Å². The number of carbonyl (C=O) groups is 3. The molecule has 0 radical (unpaired) electrons. The SMILES string of the molecule is COc1cccc(C2CC(C(=O)N3CC(=O)N(CCc4ccccc4)C(=O)C3)NN2)c1. The van der Waals surface area contributed by atoms with Crippen molar-refractivity contribution in [3.63, 3.8) is 0 Å². The number of methoxy groups -OCH3 is 1. The number of ether oxygens (including phenoxy) is 1. The second-order valence-corrected chi connectivity index (χ2v) is 7.78. The summed E-state index contributed by atoms with van der Waals surface area (Å²) < 4.78 is 5.26. The number of benzene rings is 2. The lowest BCUT2D eigenvalue weighted by Crippen LogP contribution is -2.58. The van der Waals surface area contributed by atoms with Gasteiger partial charge >= 0.3 is 0 Å². The number of piperazine rings is 1. The van der Waals surface area contributed by atoms with Crippen molar-refractivity contribution >= 4 is 17.7 Å². The zero-order valence-electron chi connectivity index (χ0n) is 17.4. The summed E-state index contributed by atoms with van der Waals surface area (Å²) in [6, 6.07) is 16.8. The van der Waals surface area contributed by atoms with Gasteiger partial charge in [-0.05, 0) is 36.1 Å². The number of hydrogen-bond donors (Lipinski definition) is 2. The van der Waals surface area contributed by atoms with Crippen LogP contribution in [0.4, 0.5) is 0 Å². The van der Waals surface area contributed by atoms with Crippen molar-refractivity contribution < 1.29 is 19.1 Å². The highest BCUT2D eigenvalue weighted by Crippen LogP contribution is 2.26. The molecule has 8 nitrogen and oxygen atoms in total. The fourth-order valence-electron chi connectivity index (χ4n) is 4.00. The van der Waals surface area contributed by atoms with Gasteiger partial charge in [0.15, 0.2) is 0 Å². The van der Waals surface area contributed by atoms with E-state index in [0.717, 1.165) is 16.9 Å². The van der Waals surface area contributed by atoms with E-state index in [1.54, 1.807) is 7.11 Å². The smallest absolute Gasteiger partial charge is 0.248 e. The van der Waals surface area contributed by atoms with E-state index >= 15 is 0 Å². The molecule has 0 aromatic heterocycles. The Balaban J connectivity index is 1.33. The molecule has 2 atom stereocenters. The highest BCUT2D eigenvalue weighted by atomic mass is 16.5. The fraction of sp³-hybridized carbons (Fsp3) is 0.348. The van der Waals surface area contributed by atoms with Crippen LogP contribution >= 0.6 is 0 Å². The van der Waals surface area contributed by atoms with E-state index in [9.17, 15) is 14.4 Å². The van der Waals surface area contributed by atoms with E-state index in [1.807, 2.05) is 54.6 Å². The first-order valence-electron chi connectivity index (χ1n) is 10.4. The van der Waals surface area contributed by atoms with Gasteiger partial charge in [-0.3, -0.25) is 19.3 Å². The van der Waals surface area contributed by atoms with Gasteiger partial charge in [-0.2, -0.15) is 0 Å². The normalized spacial score (nSPS) is 21.5. The number of imide groups is 1. The maximum Gasteiger partial charge on any atom is 0.248 e. The van der Waals surface area contributed by atoms with Crippen LogP contribution in [0, 0.1) is 0 Å². The minimum atomic E-state index is -0.507. The number of amides is 3. The summed E-state index contributed by atoms with van der Waals surface area (Å²) in [7, 11) is 1.61. The highest BCUT2D eigenvalue weighted by molar-refractivity contribution is 6.03. The van der Waals surface area contributed by atoms with E-state index in [1.165, 1.54) is 9.80 Å². The molecule has 2 saturated heterocycles. The maximum atomic E-state index is 13.0. The fourth-order valence-corrected chi connectivity index (χ4v) is 4.00. The quantitative estimate of drug-likeness (QED) is 0.676. The maximum absolute atomic E-state index is 13.0. The van der Waals surface area contributed by atoms with Gasteiger partial charge in [0.05, 0.1) is 7.11 Å². The Labute approximate surface area is 181 Å². The third-order valence-corrected chi connectivity index (χ3v) is 5.73. The van der Waals surface area contributed by atoms with Crippen molar-refractivity contribution in [1.29, 1.82) is 0 Å². The summed E-state index contributed by atoms with van der Waals surface area (Å²) in [6.07, 6.45) is 1.12. The van der Waals surface area contributed by atoms with Crippen LogP contribution in [0.1, 0.15) is 23.6 Å². The average Bonchev–Trinajstić information content (AvgIpc) is 3.29. The van der Waals surface area contributed by atoms with Crippen molar-refractivity contribution in [2.24, 2.45) is 0 Å². The third kappa shape index (κ3) is 4.76. The number of nitrogens with zero attached hydrogens (tertiary/aromatic N) is 2. The molecule has 2 unspecified atom stereocenters. The molecule has 31 heavy (non-hydrogen) atoms. The van der Waals surface area contributed by atoms with Crippen molar-refractivity contribution in [1.82, 2.24) is 20.7 Å². The van der Waals surface area contributed by atoms with Crippen LogP contribution in [0.5, 0.6) is 5.75 Å². The Hall–Kier alpha value is -3.23. The molecular weight excluding hydrogens is 396 g/mol. The Morgan fingerprint density at radius 1 is 1.03 bits per heavy atom. The molecule has 0 spiro atoms. The largest absolute Gasteiger partial charge is 0.497 e. The summed E-state index contributed by atoms with van der Waals surface area (Å²) in [4.78, 5) is 40.7. The molecule has 3 amide bonds. The summed E-state index contributed by atoms with van der Waals surface area (Å²) in [5, 5.41) is 0. The summed E-state index contributed by atoms with van der Waals surface area (Å²) in [5.41, 5.74) is 8.20. The van der Waals surface area contributed by atoms with Gasteiger partial charge in [0, 0.05) is 12.6 Å². The monoisotopic (exact) mass is 422 g/mol. The van der Waals surface area contributed by atoms with Crippen LogP contribution in [-0.4, -0.2) is 60.3 Å². The number of hydrazine groups is 1. The Morgan fingerprint density at radius 3 is 2.48 bits per heavy atom. The van der Waals surface area contributed by atoms with Crippen molar-refractivity contribution in [3.8, 4) is 5.75 Å². The standard InChI is InChI=1S/C23H26N4O4/c1-31-18-9-5-8-17(12-18)19-13-20(25-24-19)23(30)26-14-21(28)27(22(29)15-26)11-10-16-6-3-2-4-7-16/h2-9,12,19-20,24-25H,10-11,13-15H2,1H3. The first-order valence-corrected chi connectivity index (χ1v) is 10.4. The molecule has 2 aromatic rings. The van der Waals surface area contributed by atoms with Gasteiger partial charge in [-0.25, -0.2) is 10.9 Å². The van der Waals surface area contributed by atoms with Crippen molar-refractivity contribution in [2.45, 2.75) is 24.9 Å². The third-order valence-electron chi connectivity index (χ3n) is 5.73. The van der Waals surface area contributed by atoms with Gasteiger partial charge < -0.3 is 9.64 Å². The Bertz CT molecular complexity index is 947. The molecular formula is C23H26N4O4. The number of nitrogens with one attached hydrogen (secondary N) is 2. The van der Waals surface area contributed by atoms with Crippen molar-refractivity contribution in [2.75, 3.05) is 26.7 Å². The van der Waals surface area contributed by atoms with Crippen LogP contribution in [0.15, 0.2) is 54.6 Å². The van der Waals surface area contributed by atoms with Gasteiger partial charge in [0.2, 0.25) is 17.7 Å². The average molecular weight is 422 g/mol. The van der Waals surface area contributed by atoms with Crippen LogP contribution < -0.4 is 15.6 Å². The second kappa shape index (κ2) is 9.28. The lowest BCUT2D eigenvalue weighted by molar-refractivity contribution is -0.157. The molecule has 2 fully saturated rings. The molecule has 8 heteroatoms.